The number of nitrogens with zero attached hydrogens (tertiary/aromatic N) is 2. The number of hydrogen-bond acceptors (Lipinski definition) is 2. The van der Waals surface area contributed by atoms with Crippen molar-refractivity contribution in [3.63, 3.8) is 0 Å². The van der Waals surface area contributed by atoms with Gasteiger partial charge in [-0.3, -0.25) is 4.57 Å². The van der Waals surface area contributed by atoms with E-state index in [1.807, 2.05) is 6.07 Å². The molecule has 0 aliphatic rings. The number of hydrogen-bond donors (Lipinski definition) is 1. The van der Waals surface area contributed by atoms with Crippen molar-refractivity contribution < 1.29 is 4.39 Å². The second-order valence-corrected chi connectivity index (χ2v) is 5.98. The highest BCUT2D eigenvalue weighted by atomic mass is 79.9. The first-order valence-corrected chi connectivity index (χ1v) is 7.39. The molecule has 21 heavy (non-hydrogen) atoms. The molecule has 0 fully saturated rings. The van der Waals surface area contributed by atoms with Gasteiger partial charge in [0.1, 0.15) is 5.82 Å². The Bertz CT molecular complexity index is 971. The van der Waals surface area contributed by atoms with Crippen molar-refractivity contribution in [3.05, 3.63) is 56.0 Å². The summed E-state index contributed by atoms with van der Waals surface area (Å²) in [6.45, 7) is 0. The number of aromatic amines is 1. The Hall–Kier alpha value is -1.68. The highest BCUT2D eigenvalue weighted by molar-refractivity contribution is 9.10. The first kappa shape index (κ1) is 14.3. The lowest BCUT2D eigenvalue weighted by molar-refractivity contribution is 0.623. The quantitative estimate of drug-likeness (QED) is 0.594. The van der Waals surface area contributed by atoms with Gasteiger partial charge in [-0.1, -0.05) is 11.6 Å². The molecular weight excluding hydrogens is 377 g/mol. The molecule has 104 valence electrons. The molecule has 3 rings (SSSR count). The SMILES string of the molecule is N#Cc1ccc(-n2c(=S)[nH]c3cc(F)c(Br)cc32)c(Cl)c1. The predicted octanol–water partition coefficient (Wildman–Crippen LogP) is 5.11. The van der Waals surface area contributed by atoms with E-state index in [-0.39, 0.29) is 5.82 Å². The fourth-order valence-electron chi connectivity index (χ4n) is 2.10. The van der Waals surface area contributed by atoms with E-state index in [1.54, 1.807) is 28.8 Å². The van der Waals surface area contributed by atoms with Gasteiger partial charge in [0.05, 0.1) is 37.8 Å². The Morgan fingerprint density at radius 1 is 1.33 bits per heavy atom. The lowest BCUT2D eigenvalue weighted by Gasteiger charge is -2.07. The number of nitrogens with one attached hydrogen (secondary N) is 1. The number of halogens is 3. The summed E-state index contributed by atoms with van der Waals surface area (Å²) in [5, 5.41) is 9.28. The van der Waals surface area contributed by atoms with Crippen molar-refractivity contribution in [3.8, 4) is 11.8 Å². The average molecular weight is 383 g/mol. The lowest BCUT2D eigenvalue weighted by Crippen LogP contribution is -1.96. The summed E-state index contributed by atoms with van der Waals surface area (Å²) in [7, 11) is 0. The molecule has 7 heteroatoms. The molecule has 0 radical (unpaired) electrons. The molecule has 0 saturated carbocycles. The van der Waals surface area contributed by atoms with Crippen molar-refractivity contribution in [1.82, 2.24) is 9.55 Å². The zero-order valence-corrected chi connectivity index (χ0v) is 13.5. The summed E-state index contributed by atoms with van der Waals surface area (Å²) >= 11 is 14.7. The first-order valence-electron chi connectivity index (χ1n) is 5.81. The molecule has 0 spiro atoms. The molecular formula is C14H6BrClFN3S. The number of nitriles is 1. The van der Waals surface area contributed by atoms with Crippen molar-refractivity contribution in [2.24, 2.45) is 0 Å². The van der Waals surface area contributed by atoms with E-state index in [4.69, 9.17) is 29.1 Å². The smallest absolute Gasteiger partial charge is 0.182 e. The molecule has 0 amide bonds. The predicted molar refractivity (Wildman–Crippen MR) is 85.8 cm³/mol. The number of benzene rings is 2. The molecule has 0 atom stereocenters. The number of fused-ring (bicyclic) bond motifs is 1. The monoisotopic (exact) mass is 381 g/mol. The summed E-state index contributed by atoms with van der Waals surface area (Å²) in [5.41, 5.74) is 2.36. The van der Waals surface area contributed by atoms with Crippen LogP contribution in [-0.2, 0) is 0 Å². The molecule has 3 aromatic rings. The van der Waals surface area contributed by atoms with Gasteiger partial charge >= 0.3 is 0 Å². The molecule has 0 saturated heterocycles. The van der Waals surface area contributed by atoms with Crippen molar-refractivity contribution in [1.29, 1.82) is 5.26 Å². The maximum atomic E-state index is 13.6. The second kappa shape index (κ2) is 5.26. The van der Waals surface area contributed by atoms with Crippen molar-refractivity contribution in [2.45, 2.75) is 0 Å². The average Bonchev–Trinajstić information content (AvgIpc) is 2.75. The van der Waals surface area contributed by atoms with E-state index in [9.17, 15) is 4.39 Å². The minimum absolute atomic E-state index is 0.336. The fraction of sp³-hybridized carbons (Fsp3) is 0. The first-order chi connectivity index (χ1) is 10.0. The van der Waals surface area contributed by atoms with Gasteiger partial charge in [-0.15, -0.1) is 0 Å². The summed E-state index contributed by atoms with van der Waals surface area (Å²) in [5.74, 6) is -0.378. The molecule has 1 heterocycles. The Balaban J connectivity index is 2.35. The van der Waals surface area contributed by atoms with Gasteiger partial charge < -0.3 is 4.98 Å². The fourth-order valence-corrected chi connectivity index (χ4v) is 3.00. The summed E-state index contributed by atoms with van der Waals surface area (Å²) in [4.78, 5) is 2.94. The number of rotatable bonds is 1. The van der Waals surface area contributed by atoms with Crippen LogP contribution in [0.3, 0.4) is 0 Å². The number of H-pyrrole nitrogens is 1. The topological polar surface area (TPSA) is 44.5 Å². The zero-order valence-electron chi connectivity index (χ0n) is 10.3. The van der Waals surface area contributed by atoms with Gasteiger partial charge in [-0.25, -0.2) is 4.39 Å². The van der Waals surface area contributed by atoms with E-state index in [2.05, 4.69) is 20.9 Å². The zero-order chi connectivity index (χ0) is 15.1. The molecule has 0 aliphatic carbocycles. The third-order valence-corrected chi connectivity index (χ3v) is 4.24. The summed E-state index contributed by atoms with van der Waals surface area (Å²) in [6, 6.07) is 9.95. The lowest BCUT2D eigenvalue weighted by atomic mass is 10.2. The molecule has 0 aliphatic heterocycles. The third kappa shape index (κ3) is 2.38. The molecule has 2 aromatic carbocycles. The molecule has 1 aromatic heterocycles. The number of aromatic nitrogens is 2. The van der Waals surface area contributed by atoms with Gasteiger partial charge in [-0.2, -0.15) is 5.26 Å². The van der Waals surface area contributed by atoms with Crippen LogP contribution in [0.25, 0.3) is 16.7 Å². The van der Waals surface area contributed by atoms with Crippen LogP contribution in [0.1, 0.15) is 5.56 Å². The maximum absolute atomic E-state index is 13.6. The summed E-state index contributed by atoms with van der Waals surface area (Å²) < 4.78 is 16.0. The van der Waals surface area contributed by atoms with Crippen LogP contribution < -0.4 is 0 Å². The van der Waals surface area contributed by atoms with Gasteiger partial charge in [0.15, 0.2) is 4.77 Å². The normalized spacial score (nSPS) is 10.8. The Morgan fingerprint density at radius 2 is 2.10 bits per heavy atom. The van der Waals surface area contributed by atoms with Crippen molar-refractivity contribution >= 4 is 50.8 Å². The standard InChI is InChI=1S/C14H6BrClFN3S/c15-8-4-13-11(5-10(8)17)19-14(21)20(13)12-2-1-7(6-18)3-9(12)16/h1-5H,(H,19,21). The minimum atomic E-state index is -0.378. The highest BCUT2D eigenvalue weighted by Crippen LogP contribution is 2.29. The molecule has 3 nitrogen and oxygen atoms in total. The van der Waals surface area contributed by atoms with Crippen LogP contribution >= 0.6 is 39.7 Å². The van der Waals surface area contributed by atoms with Gasteiger partial charge in [0, 0.05) is 6.07 Å². The third-order valence-electron chi connectivity index (χ3n) is 3.04. The van der Waals surface area contributed by atoms with Crippen LogP contribution in [0.4, 0.5) is 4.39 Å². The van der Waals surface area contributed by atoms with Crippen LogP contribution in [0.2, 0.25) is 5.02 Å². The van der Waals surface area contributed by atoms with E-state index >= 15 is 0 Å². The minimum Gasteiger partial charge on any atom is -0.330 e. The Kier molecular flexibility index (Phi) is 3.57. The maximum Gasteiger partial charge on any atom is 0.182 e. The van der Waals surface area contributed by atoms with Crippen LogP contribution in [0, 0.1) is 21.9 Å². The van der Waals surface area contributed by atoms with Crippen molar-refractivity contribution in [2.75, 3.05) is 0 Å². The van der Waals surface area contributed by atoms with E-state index in [0.717, 1.165) is 0 Å². The van der Waals surface area contributed by atoms with Gasteiger partial charge in [0.25, 0.3) is 0 Å². The van der Waals surface area contributed by atoms with Gasteiger partial charge in [0.2, 0.25) is 0 Å². The van der Waals surface area contributed by atoms with Crippen LogP contribution in [0.5, 0.6) is 0 Å². The Morgan fingerprint density at radius 3 is 2.76 bits per heavy atom. The Labute approximate surface area is 137 Å². The van der Waals surface area contributed by atoms with E-state index in [1.165, 1.54) is 6.07 Å². The largest absolute Gasteiger partial charge is 0.330 e. The van der Waals surface area contributed by atoms with E-state index < -0.39 is 0 Å². The molecule has 0 bridgehead atoms. The molecule has 0 unspecified atom stereocenters. The molecule has 1 N–H and O–H groups in total. The highest BCUT2D eigenvalue weighted by Gasteiger charge is 2.12. The number of imidazole rings is 1. The van der Waals surface area contributed by atoms with E-state index in [0.29, 0.717) is 36.6 Å². The van der Waals surface area contributed by atoms with Crippen LogP contribution in [-0.4, -0.2) is 9.55 Å². The second-order valence-electron chi connectivity index (χ2n) is 4.33. The van der Waals surface area contributed by atoms with Gasteiger partial charge in [-0.05, 0) is 52.4 Å². The van der Waals surface area contributed by atoms with Crippen LogP contribution in [0.15, 0.2) is 34.8 Å². The summed E-state index contributed by atoms with van der Waals surface area (Å²) in [6.07, 6.45) is 0.